The molecule has 0 spiro atoms. The minimum atomic E-state index is -6.45. The number of benzene rings is 1. The zero-order valence-electron chi connectivity index (χ0n) is 13.3. The number of hydrogen-bond donors (Lipinski definition) is 1. The molecule has 0 aliphatic carbocycles. The Bertz CT molecular complexity index is 735. The van der Waals surface area contributed by atoms with Gasteiger partial charge in [0.15, 0.2) is 5.60 Å². The molecule has 1 rings (SSSR count). The van der Waals surface area contributed by atoms with Crippen LogP contribution in [0.1, 0.15) is 16.8 Å². The minimum Gasteiger partial charge on any atom is -0.828 e. The summed E-state index contributed by atoms with van der Waals surface area (Å²) in [5.74, 6) is -4.43. The number of halogens is 8. The van der Waals surface area contributed by atoms with Crippen LogP contribution in [0.3, 0.4) is 0 Å². The summed E-state index contributed by atoms with van der Waals surface area (Å²) in [6.07, 6.45) is -13.4. The van der Waals surface area contributed by atoms with Crippen molar-refractivity contribution in [2.24, 2.45) is 0 Å². The van der Waals surface area contributed by atoms with E-state index in [0.29, 0.717) is 7.14 Å². The van der Waals surface area contributed by atoms with E-state index in [4.69, 9.17) is 4.74 Å². The molecule has 14 heteroatoms. The molecule has 158 valence electrons. The van der Waals surface area contributed by atoms with Crippen LogP contribution in [0.15, 0.2) is 12.1 Å². The van der Waals surface area contributed by atoms with Crippen molar-refractivity contribution in [2.45, 2.75) is 24.4 Å². The number of carbonyl (C=O) groups is 2. The van der Waals surface area contributed by atoms with Gasteiger partial charge in [-0.05, 0) is 57.3 Å². The highest BCUT2D eigenvalue weighted by Gasteiger charge is 2.68. The van der Waals surface area contributed by atoms with Crippen LogP contribution in [-0.2, 0) is 14.3 Å². The maximum absolute atomic E-state index is 12.4. The monoisotopic (exact) mass is 641 g/mol. The van der Waals surface area contributed by atoms with Crippen LogP contribution in [0.5, 0.6) is 5.75 Å². The molecule has 0 fully saturated rings. The molecule has 0 aromatic heterocycles. The van der Waals surface area contributed by atoms with E-state index in [1.165, 1.54) is 6.07 Å². The molecule has 0 atom stereocenters. The maximum atomic E-state index is 12.4. The Morgan fingerprint density at radius 1 is 1.00 bits per heavy atom. The second-order valence-corrected chi connectivity index (χ2v) is 7.49. The molecule has 6 nitrogen and oxygen atoms in total. The standard InChI is InChI=1S/C14H9F6I2O6/c15-13(16,17)12(26,14(18,19)20)11(25)28-3-1-2-27-10(24)7-4-6(21)5-8(22)9(7)23/h4-5,23H,1-3H2/q-1. The van der Waals surface area contributed by atoms with Gasteiger partial charge in [0, 0.05) is 9.99 Å². The Morgan fingerprint density at radius 2 is 1.50 bits per heavy atom. The van der Waals surface area contributed by atoms with Gasteiger partial charge < -0.3 is 19.7 Å². The van der Waals surface area contributed by atoms with E-state index >= 15 is 0 Å². The minimum absolute atomic E-state index is 0.207. The van der Waals surface area contributed by atoms with Gasteiger partial charge in [-0.2, -0.15) is 26.3 Å². The van der Waals surface area contributed by atoms with Crippen LogP contribution in [0, 0.1) is 7.14 Å². The van der Waals surface area contributed by atoms with Crippen LogP contribution in [0.25, 0.3) is 0 Å². The third kappa shape index (κ3) is 5.52. The summed E-state index contributed by atoms with van der Waals surface area (Å²) in [7, 11) is 0. The first-order valence-electron chi connectivity index (χ1n) is 6.99. The highest BCUT2D eigenvalue weighted by molar-refractivity contribution is 14.1. The first kappa shape index (κ1) is 25.0. The predicted molar refractivity (Wildman–Crippen MR) is 94.2 cm³/mol. The normalized spacial score (nSPS) is 12.6. The molecule has 0 heterocycles. The zero-order chi connectivity index (χ0) is 21.9. The first-order chi connectivity index (χ1) is 12.6. The number of carbonyl (C=O) groups excluding carboxylic acids is 2. The molecular weight excluding hydrogens is 632 g/mol. The van der Waals surface area contributed by atoms with Gasteiger partial charge >= 0.3 is 24.3 Å². The molecule has 1 N–H and O–H groups in total. The average molecular weight is 641 g/mol. The molecule has 28 heavy (non-hydrogen) atoms. The summed E-state index contributed by atoms with van der Waals surface area (Å²) in [6.45, 7) is -1.59. The molecule has 0 saturated heterocycles. The number of hydrogen-bond acceptors (Lipinski definition) is 6. The second kappa shape index (κ2) is 9.19. The van der Waals surface area contributed by atoms with Gasteiger partial charge in [0.25, 0.3) is 0 Å². The Hall–Kier alpha value is -1.04. The van der Waals surface area contributed by atoms with E-state index in [-0.39, 0.29) is 11.3 Å². The predicted octanol–water partition coefficient (Wildman–Crippen LogP) is 2.92. The Morgan fingerprint density at radius 3 is 2.00 bits per heavy atom. The number of phenols is 1. The smallest absolute Gasteiger partial charge is 0.399 e. The molecule has 0 aliphatic rings. The third-order valence-corrected chi connectivity index (χ3v) is 4.53. The summed E-state index contributed by atoms with van der Waals surface area (Å²) >= 11 is 3.62. The molecule has 0 radical (unpaired) electrons. The molecule has 1 aromatic rings. The Balaban J connectivity index is 2.62. The zero-order valence-corrected chi connectivity index (χ0v) is 17.6. The van der Waals surface area contributed by atoms with Crippen molar-refractivity contribution in [1.82, 2.24) is 0 Å². The summed E-state index contributed by atoms with van der Waals surface area (Å²) in [6, 6.07) is 2.85. The molecule has 0 aliphatic heterocycles. The number of rotatable bonds is 6. The van der Waals surface area contributed by atoms with Gasteiger partial charge in [0.1, 0.15) is 11.3 Å². The van der Waals surface area contributed by atoms with E-state index in [0.717, 1.165) is 0 Å². The maximum Gasteiger partial charge on any atom is 0.399 e. The van der Waals surface area contributed by atoms with E-state index in [9.17, 15) is 46.1 Å². The van der Waals surface area contributed by atoms with Crippen molar-refractivity contribution in [2.75, 3.05) is 13.2 Å². The second-order valence-electron chi connectivity index (χ2n) is 5.09. The number of aromatic hydroxyl groups is 1. The fourth-order valence-corrected chi connectivity index (χ4v) is 3.53. The molecule has 0 bridgehead atoms. The lowest BCUT2D eigenvalue weighted by molar-refractivity contribution is -0.574. The SMILES string of the molecule is O=C(OCCCOC(=O)C([O-])(C(F)(F)F)C(F)(F)F)c1cc(I)cc(I)c1O. The lowest BCUT2D eigenvalue weighted by atomic mass is 10.0. The van der Waals surface area contributed by atoms with Gasteiger partial charge in [0.2, 0.25) is 0 Å². The lowest BCUT2D eigenvalue weighted by Gasteiger charge is -2.40. The molecule has 1 aromatic carbocycles. The van der Waals surface area contributed by atoms with Crippen molar-refractivity contribution in [1.29, 1.82) is 0 Å². The highest BCUT2D eigenvalue weighted by atomic mass is 127. The summed E-state index contributed by atoms with van der Waals surface area (Å²) in [5.41, 5.74) is -6.12. The highest BCUT2D eigenvalue weighted by Crippen LogP contribution is 2.41. The summed E-state index contributed by atoms with van der Waals surface area (Å²) in [5, 5.41) is 20.8. The van der Waals surface area contributed by atoms with Gasteiger partial charge in [-0.1, -0.05) is 0 Å². The summed E-state index contributed by atoms with van der Waals surface area (Å²) < 4.78 is 83.8. The third-order valence-electron chi connectivity index (χ3n) is 3.09. The Labute approximate surface area is 180 Å². The number of ether oxygens (including phenoxy) is 2. The van der Waals surface area contributed by atoms with Crippen LogP contribution in [0.4, 0.5) is 26.3 Å². The van der Waals surface area contributed by atoms with Crippen LogP contribution in [-0.4, -0.2) is 48.2 Å². The molecule has 0 saturated carbocycles. The molecule has 0 amide bonds. The fourth-order valence-electron chi connectivity index (χ4n) is 1.68. The molecule has 0 unspecified atom stereocenters. The van der Waals surface area contributed by atoms with Crippen molar-refractivity contribution >= 4 is 57.1 Å². The van der Waals surface area contributed by atoms with Gasteiger partial charge in [-0.3, -0.25) is 4.79 Å². The fraction of sp³-hybridized carbons (Fsp3) is 0.429. The summed E-state index contributed by atoms with van der Waals surface area (Å²) in [4.78, 5) is 22.9. The van der Waals surface area contributed by atoms with E-state index in [1.54, 1.807) is 28.7 Å². The van der Waals surface area contributed by atoms with Crippen molar-refractivity contribution in [3.63, 3.8) is 0 Å². The van der Waals surface area contributed by atoms with Gasteiger partial charge in [0.05, 0.1) is 16.8 Å². The largest absolute Gasteiger partial charge is 0.828 e. The van der Waals surface area contributed by atoms with Crippen LogP contribution >= 0.6 is 45.2 Å². The number of alkyl halides is 6. The quantitative estimate of drug-likeness (QED) is 0.223. The number of esters is 2. The topological polar surface area (TPSA) is 95.9 Å². The van der Waals surface area contributed by atoms with Crippen molar-refractivity contribution in [3.05, 3.63) is 24.8 Å². The van der Waals surface area contributed by atoms with E-state index < -0.39 is 49.5 Å². The van der Waals surface area contributed by atoms with E-state index in [2.05, 4.69) is 4.74 Å². The van der Waals surface area contributed by atoms with Crippen LogP contribution in [0.2, 0.25) is 0 Å². The van der Waals surface area contributed by atoms with Crippen molar-refractivity contribution in [3.8, 4) is 5.75 Å². The first-order valence-corrected chi connectivity index (χ1v) is 9.15. The van der Waals surface area contributed by atoms with Gasteiger partial charge in [-0.15, -0.1) is 0 Å². The lowest BCUT2D eigenvalue weighted by Crippen LogP contribution is -2.71. The average Bonchev–Trinajstić information content (AvgIpc) is 2.54. The van der Waals surface area contributed by atoms with E-state index in [1.807, 2.05) is 22.6 Å². The van der Waals surface area contributed by atoms with Gasteiger partial charge in [-0.25, -0.2) is 4.79 Å². The van der Waals surface area contributed by atoms with Crippen LogP contribution < -0.4 is 5.11 Å². The number of phenolic OH excluding ortho intramolecular Hbond substituents is 1. The Kier molecular flexibility index (Phi) is 8.20. The van der Waals surface area contributed by atoms with Crippen molar-refractivity contribution < 1.29 is 55.6 Å². The molecular formula is C14H9F6I2O6-.